The number of nitrogens with zero attached hydrogens (tertiary/aromatic N) is 1. The van der Waals surface area contributed by atoms with Crippen molar-refractivity contribution in [2.75, 3.05) is 26.2 Å². The monoisotopic (exact) mass is 611 g/mol. The summed E-state index contributed by atoms with van der Waals surface area (Å²) in [6.07, 6.45) is 6.85. The van der Waals surface area contributed by atoms with Crippen LogP contribution in [0.15, 0.2) is 23.8 Å². The Morgan fingerprint density at radius 2 is 1.83 bits per heavy atom. The summed E-state index contributed by atoms with van der Waals surface area (Å²) in [6, 6.07) is 0. The van der Waals surface area contributed by atoms with Crippen LogP contribution in [0.3, 0.4) is 0 Å². The van der Waals surface area contributed by atoms with Crippen molar-refractivity contribution in [3.8, 4) is 0 Å². The van der Waals surface area contributed by atoms with E-state index in [9.17, 15) is 23.1 Å². The normalized spacial score (nSPS) is 40.4. The predicted octanol–water partition coefficient (Wildman–Crippen LogP) is 3.89. The molecule has 1 unspecified atom stereocenters. The smallest absolute Gasteiger partial charge is 0.393 e. The van der Waals surface area contributed by atoms with E-state index in [0.29, 0.717) is 12.8 Å². The summed E-state index contributed by atoms with van der Waals surface area (Å²) >= 11 is 0. The molecule has 2 N–H and O–H groups in total. The lowest BCUT2D eigenvalue weighted by Crippen LogP contribution is -2.63. The maximum Gasteiger partial charge on any atom is 0.397 e. The first kappa shape index (κ1) is 33.4. The molecule has 3 saturated carbocycles. The second-order valence-electron chi connectivity index (χ2n) is 12.9. The molecule has 11 heteroatoms. The molecular weight excluding hydrogens is 562 g/mol. The number of fused-ring (bicyclic) bond motifs is 7. The Bertz CT molecular complexity index is 1190. The van der Waals surface area contributed by atoms with Gasteiger partial charge in [0, 0.05) is 16.7 Å². The highest BCUT2D eigenvalue weighted by molar-refractivity contribution is 7.80. The first-order chi connectivity index (χ1) is 19.7. The molecule has 0 bridgehead atoms. The summed E-state index contributed by atoms with van der Waals surface area (Å²) in [6.45, 7) is 15.3. The van der Waals surface area contributed by atoms with Gasteiger partial charge in [-0.15, -0.1) is 0 Å². The fraction of sp³-hybridized carbons (Fsp3) is 0.806. The predicted molar refractivity (Wildman–Crippen MR) is 157 cm³/mol. The quantitative estimate of drug-likeness (QED) is 0.369. The average Bonchev–Trinajstić information content (AvgIpc) is 3.40. The number of ketones is 2. The summed E-state index contributed by atoms with van der Waals surface area (Å²) in [7, 11) is -4.82. The van der Waals surface area contributed by atoms with Gasteiger partial charge in [-0.05, 0) is 75.7 Å². The van der Waals surface area contributed by atoms with Gasteiger partial charge in [0.05, 0.1) is 12.2 Å². The van der Waals surface area contributed by atoms with Crippen molar-refractivity contribution in [3.05, 3.63) is 23.8 Å². The van der Waals surface area contributed by atoms with E-state index in [4.69, 9.17) is 14.0 Å². The molecule has 9 atom stereocenters. The van der Waals surface area contributed by atoms with E-state index in [1.165, 1.54) is 19.6 Å². The van der Waals surface area contributed by atoms with Gasteiger partial charge in [-0.3, -0.25) is 14.1 Å². The minimum absolute atomic E-state index is 0.0254. The number of aliphatic hydroxyl groups excluding tert-OH is 1. The van der Waals surface area contributed by atoms with Crippen LogP contribution in [0.1, 0.15) is 80.1 Å². The number of ether oxygens (including phenoxy) is 2. The van der Waals surface area contributed by atoms with E-state index in [1.807, 2.05) is 19.9 Å². The number of rotatable bonds is 9. The highest BCUT2D eigenvalue weighted by Crippen LogP contribution is 2.69. The molecule has 0 aromatic heterocycles. The Labute approximate surface area is 250 Å². The molecule has 42 heavy (non-hydrogen) atoms. The molecule has 0 amide bonds. The van der Waals surface area contributed by atoms with Crippen LogP contribution in [-0.4, -0.2) is 84.9 Å². The molecule has 4 aliphatic carbocycles. The molecule has 5 aliphatic rings. The van der Waals surface area contributed by atoms with E-state index in [1.54, 1.807) is 12.2 Å². The van der Waals surface area contributed by atoms with Crippen LogP contribution in [0.4, 0.5) is 0 Å². The molecule has 0 aromatic rings. The van der Waals surface area contributed by atoms with Crippen molar-refractivity contribution in [1.29, 1.82) is 0 Å². The molecule has 4 fully saturated rings. The van der Waals surface area contributed by atoms with Gasteiger partial charge in [-0.25, -0.2) is 4.18 Å². The van der Waals surface area contributed by atoms with Crippen LogP contribution in [-0.2, 0) is 33.6 Å². The number of hydrogen-bond donors (Lipinski definition) is 2. The van der Waals surface area contributed by atoms with Crippen molar-refractivity contribution >= 4 is 22.0 Å². The summed E-state index contributed by atoms with van der Waals surface area (Å²) in [5, 5.41) is 11.6. The number of carbonyl (C=O) groups excluding carboxylic acids is 2. The highest BCUT2D eigenvalue weighted by atomic mass is 32.3. The molecular formula is C31H49NO9S. The van der Waals surface area contributed by atoms with Gasteiger partial charge >= 0.3 is 10.4 Å². The summed E-state index contributed by atoms with van der Waals surface area (Å²) in [4.78, 5) is 28.1. The summed E-state index contributed by atoms with van der Waals surface area (Å²) < 4.78 is 48.7. The maximum absolute atomic E-state index is 13.7. The lowest BCUT2D eigenvalue weighted by atomic mass is 9.46. The third-order valence-corrected chi connectivity index (χ3v) is 11.3. The van der Waals surface area contributed by atoms with Crippen molar-refractivity contribution in [3.63, 3.8) is 0 Å². The lowest BCUT2D eigenvalue weighted by Gasteiger charge is -2.59. The van der Waals surface area contributed by atoms with Crippen LogP contribution in [0.2, 0.25) is 0 Å². The van der Waals surface area contributed by atoms with E-state index >= 15 is 0 Å². The zero-order chi connectivity index (χ0) is 31.1. The molecule has 0 radical (unpaired) electrons. The Hall–Kier alpha value is -1.47. The number of carbonyl (C=O) groups is 2. The van der Waals surface area contributed by atoms with Gasteiger partial charge in [0.15, 0.2) is 23.5 Å². The Kier molecular flexibility index (Phi) is 9.94. The highest BCUT2D eigenvalue weighted by Gasteiger charge is 2.75. The zero-order valence-electron chi connectivity index (χ0n) is 25.9. The third kappa shape index (κ3) is 5.71. The third-order valence-electron chi connectivity index (χ3n) is 10.9. The van der Waals surface area contributed by atoms with Crippen molar-refractivity contribution in [2.24, 2.45) is 28.6 Å². The molecule has 238 valence electrons. The standard InChI is InChI=1S/C25H34O9S.C6H15N/c1-4-5-21-33-20-11-17-16-7-6-14-10-15(26)8-9-23(14,2)22(16)18(27)12-24(17,3)25(20,34-21)19(28)13-32-35(29,30)31;1-4-7(5-2)6-3/h8-10,16-18,20-22,27H,4-7,11-13H2,1-3H3,(H,29,30,31);4-6H2,1-3H3/t16-,17-,18-,20+,21?,22+,23-,24-,25+;/m0./s1. The fourth-order valence-corrected chi connectivity index (χ4v) is 9.17. The molecule has 1 saturated heterocycles. The van der Waals surface area contributed by atoms with Crippen LogP contribution >= 0.6 is 0 Å². The van der Waals surface area contributed by atoms with E-state index in [2.05, 4.69) is 36.8 Å². The minimum atomic E-state index is -4.82. The van der Waals surface area contributed by atoms with Gasteiger partial charge in [-0.2, -0.15) is 8.42 Å². The fourth-order valence-electron chi connectivity index (χ4n) is 8.91. The van der Waals surface area contributed by atoms with Crippen LogP contribution in [0, 0.1) is 28.6 Å². The van der Waals surface area contributed by atoms with E-state index < -0.39 is 57.7 Å². The largest absolute Gasteiger partial charge is 0.397 e. The molecule has 1 aliphatic heterocycles. The number of Topliss-reactive ketones (excluding diaryl/α,β-unsaturated/α-hetero) is 1. The average molecular weight is 612 g/mol. The van der Waals surface area contributed by atoms with Gasteiger partial charge in [0.2, 0.25) is 0 Å². The number of aliphatic hydroxyl groups is 1. The molecule has 0 spiro atoms. The van der Waals surface area contributed by atoms with Gasteiger partial charge < -0.3 is 19.5 Å². The second kappa shape index (κ2) is 12.5. The number of hydrogen-bond acceptors (Lipinski definition) is 9. The van der Waals surface area contributed by atoms with Crippen LogP contribution in [0.25, 0.3) is 0 Å². The lowest BCUT2D eigenvalue weighted by molar-refractivity contribution is -0.200. The van der Waals surface area contributed by atoms with Gasteiger partial charge in [0.25, 0.3) is 0 Å². The number of allylic oxidation sites excluding steroid dienone is 4. The Morgan fingerprint density at radius 3 is 2.40 bits per heavy atom. The molecule has 0 aromatic carbocycles. The van der Waals surface area contributed by atoms with Crippen LogP contribution < -0.4 is 0 Å². The van der Waals surface area contributed by atoms with E-state index in [-0.39, 0.29) is 30.0 Å². The first-order valence-electron chi connectivity index (χ1n) is 15.5. The van der Waals surface area contributed by atoms with Gasteiger partial charge in [-0.1, -0.05) is 59.6 Å². The zero-order valence-corrected chi connectivity index (χ0v) is 26.7. The van der Waals surface area contributed by atoms with Crippen molar-refractivity contribution in [1.82, 2.24) is 4.90 Å². The second-order valence-corrected chi connectivity index (χ2v) is 14.0. The SMILES string of the molecule is CCCC1O[C@@H]2C[C@H]3[C@@H]4CCC5=CC(=O)C=C[C@]5(C)[C@H]4[C@@H](O)C[C@]3(C)[C@]2(C(=O)COS(=O)(=O)O)O1.CCN(CC)CC. The maximum atomic E-state index is 13.7. The molecule has 1 heterocycles. The van der Waals surface area contributed by atoms with Crippen LogP contribution in [0.5, 0.6) is 0 Å². The summed E-state index contributed by atoms with van der Waals surface area (Å²) in [5.74, 6) is -0.730. The van der Waals surface area contributed by atoms with Crippen molar-refractivity contribution < 1.29 is 41.3 Å². The van der Waals surface area contributed by atoms with Gasteiger partial charge in [0.1, 0.15) is 6.61 Å². The van der Waals surface area contributed by atoms with E-state index in [0.717, 1.165) is 24.8 Å². The molecule has 10 nitrogen and oxygen atoms in total. The van der Waals surface area contributed by atoms with Crippen molar-refractivity contribution in [2.45, 2.75) is 104 Å². The summed E-state index contributed by atoms with van der Waals surface area (Å²) in [5.41, 5.74) is -1.72. The Morgan fingerprint density at radius 1 is 1.17 bits per heavy atom. The Balaban J connectivity index is 0.000000517. The topological polar surface area (TPSA) is 140 Å². The molecule has 5 rings (SSSR count). The first-order valence-corrected chi connectivity index (χ1v) is 16.9. The minimum Gasteiger partial charge on any atom is -0.393 e.